The lowest BCUT2D eigenvalue weighted by Gasteiger charge is -2.28. The maximum absolute atomic E-state index is 5.88. The summed E-state index contributed by atoms with van der Waals surface area (Å²) in [6.07, 6.45) is 7.04. The Morgan fingerprint density at radius 3 is 2.61 bits per heavy atom. The SMILES string of the molecule is CN(CC1CCCCC1)c1ccc(CCl)c(Br)c1. The van der Waals surface area contributed by atoms with E-state index in [0.717, 1.165) is 16.0 Å². The summed E-state index contributed by atoms with van der Waals surface area (Å²) in [6, 6.07) is 6.47. The number of anilines is 1. The Balaban J connectivity index is 1.99. The maximum atomic E-state index is 5.88. The minimum absolute atomic E-state index is 0.563. The monoisotopic (exact) mass is 329 g/mol. The minimum Gasteiger partial charge on any atom is -0.374 e. The predicted octanol–water partition coefficient (Wildman–Crippen LogP) is 5.20. The number of nitrogens with zero attached hydrogens (tertiary/aromatic N) is 1. The maximum Gasteiger partial charge on any atom is 0.0485 e. The van der Waals surface area contributed by atoms with Crippen LogP contribution in [0.3, 0.4) is 0 Å². The molecule has 0 bridgehead atoms. The van der Waals surface area contributed by atoms with Crippen molar-refractivity contribution < 1.29 is 0 Å². The molecule has 1 nitrogen and oxygen atoms in total. The van der Waals surface area contributed by atoms with E-state index < -0.39 is 0 Å². The average Bonchev–Trinajstić information content (AvgIpc) is 2.39. The van der Waals surface area contributed by atoms with Crippen LogP contribution in [0.25, 0.3) is 0 Å². The number of benzene rings is 1. The first-order valence-electron chi connectivity index (χ1n) is 6.76. The van der Waals surface area contributed by atoms with Gasteiger partial charge in [-0.05, 0) is 36.5 Å². The second-order valence-electron chi connectivity index (χ2n) is 5.29. The van der Waals surface area contributed by atoms with Crippen LogP contribution in [-0.4, -0.2) is 13.6 Å². The summed E-state index contributed by atoms with van der Waals surface area (Å²) < 4.78 is 1.12. The van der Waals surface area contributed by atoms with Crippen LogP contribution in [0.15, 0.2) is 22.7 Å². The van der Waals surface area contributed by atoms with Gasteiger partial charge in [-0.1, -0.05) is 41.3 Å². The van der Waals surface area contributed by atoms with E-state index in [0.29, 0.717) is 5.88 Å². The van der Waals surface area contributed by atoms with Crippen molar-refractivity contribution in [3.05, 3.63) is 28.2 Å². The van der Waals surface area contributed by atoms with Gasteiger partial charge in [0.15, 0.2) is 0 Å². The smallest absolute Gasteiger partial charge is 0.0485 e. The summed E-state index contributed by atoms with van der Waals surface area (Å²) in [7, 11) is 2.19. The fourth-order valence-electron chi connectivity index (χ4n) is 2.74. The van der Waals surface area contributed by atoms with Crippen molar-refractivity contribution >= 4 is 33.2 Å². The predicted molar refractivity (Wildman–Crippen MR) is 83.5 cm³/mol. The van der Waals surface area contributed by atoms with Crippen LogP contribution in [-0.2, 0) is 5.88 Å². The number of rotatable bonds is 4. The fraction of sp³-hybridized carbons (Fsp3) is 0.600. The first-order valence-corrected chi connectivity index (χ1v) is 8.09. The molecule has 0 atom stereocenters. The van der Waals surface area contributed by atoms with Crippen molar-refractivity contribution in [2.24, 2.45) is 5.92 Å². The molecular formula is C15H21BrClN. The molecule has 3 heteroatoms. The van der Waals surface area contributed by atoms with E-state index in [4.69, 9.17) is 11.6 Å². The summed E-state index contributed by atoms with van der Waals surface area (Å²) in [5, 5.41) is 0. The Hall–Kier alpha value is -0.210. The Bertz CT molecular complexity index is 388. The normalized spacial score (nSPS) is 16.8. The molecule has 0 N–H and O–H groups in total. The first-order chi connectivity index (χ1) is 8.70. The quantitative estimate of drug-likeness (QED) is 0.685. The second kappa shape index (κ2) is 6.81. The molecule has 1 aromatic rings. The highest BCUT2D eigenvalue weighted by Crippen LogP contribution is 2.28. The van der Waals surface area contributed by atoms with Gasteiger partial charge in [-0.2, -0.15) is 0 Å². The van der Waals surface area contributed by atoms with Crippen molar-refractivity contribution in [1.29, 1.82) is 0 Å². The van der Waals surface area contributed by atoms with Gasteiger partial charge < -0.3 is 4.90 Å². The molecule has 0 heterocycles. The molecule has 0 spiro atoms. The van der Waals surface area contributed by atoms with Gasteiger partial charge in [0.2, 0.25) is 0 Å². The third kappa shape index (κ3) is 3.64. The van der Waals surface area contributed by atoms with Crippen molar-refractivity contribution in [2.45, 2.75) is 38.0 Å². The molecule has 1 aliphatic rings. The zero-order valence-corrected chi connectivity index (χ0v) is 13.3. The van der Waals surface area contributed by atoms with Crippen LogP contribution in [0.5, 0.6) is 0 Å². The molecule has 18 heavy (non-hydrogen) atoms. The number of hydrogen-bond acceptors (Lipinski definition) is 1. The van der Waals surface area contributed by atoms with E-state index in [1.165, 1.54) is 44.3 Å². The molecule has 0 saturated heterocycles. The topological polar surface area (TPSA) is 3.24 Å². The number of hydrogen-bond donors (Lipinski definition) is 0. The molecule has 1 saturated carbocycles. The molecule has 1 fully saturated rings. The van der Waals surface area contributed by atoms with Crippen LogP contribution in [0.4, 0.5) is 5.69 Å². The van der Waals surface area contributed by atoms with Gasteiger partial charge in [0.25, 0.3) is 0 Å². The molecule has 0 aromatic heterocycles. The Morgan fingerprint density at radius 2 is 2.00 bits per heavy atom. The third-order valence-electron chi connectivity index (χ3n) is 3.88. The summed E-state index contributed by atoms with van der Waals surface area (Å²) >= 11 is 9.47. The van der Waals surface area contributed by atoms with E-state index in [9.17, 15) is 0 Å². The number of alkyl halides is 1. The van der Waals surface area contributed by atoms with Gasteiger partial charge in [-0.15, -0.1) is 11.6 Å². The molecule has 100 valence electrons. The first kappa shape index (κ1) is 14.2. The standard InChI is InChI=1S/C15H21BrClN/c1-18(11-12-5-3-2-4-6-12)14-8-7-13(10-17)15(16)9-14/h7-9,12H,2-6,10-11H2,1H3. The number of halogens is 2. The molecule has 0 unspecified atom stereocenters. The Morgan fingerprint density at radius 1 is 1.28 bits per heavy atom. The van der Waals surface area contributed by atoms with Gasteiger partial charge in [0.1, 0.15) is 0 Å². The van der Waals surface area contributed by atoms with Crippen molar-refractivity contribution in [3.8, 4) is 0 Å². The van der Waals surface area contributed by atoms with Gasteiger partial charge in [-0.25, -0.2) is 0 Å². The van der Waals surface area contributed by atoms with Gasteiger partial charge >= 0.3 is 0 Å². The molecule has 1 aliphatic carbocycles. The zero-order chi connectivity index (χ0) is 13.0. The minimum atomic E-state index is 0.563. The van der Waals surface area contributed by atoms with Gasteiger partial charge in [0.05, 0.1) is 0 Å². The molecule has 2 rings (SSSR count). The van der Waals surface area contributed by atoms with Crippen molar-refractivity contribution in [2.75, 3.05) is 18.5 Å². The van der Waals surface area contributed by atoms with E-state index in [1.54, 1.807) is 0 Å². The molecule has 0 aliphatic heterocycles. The van der Waals surface area contributed by atoms with Crippen molar-refractivity contribution in [1.82, 2.24) is 0 Å². The lowest BCUT2D eigenvalue weighted by atomic mass is 9.89. The lowest BCUT2D eigenvalue weighted by Crippen LogP contribution is -2.26. The Kier molecular flexibility index (Phi) is 5.38. The highest BCUT2D eigenvalue weighted by molar-refractivity contribution is 9.10. The Labute approximate surface area is 124 Å². The van der Waals surface area contributed by atoms with E-state index >= 15 is 0 Å². The zero-order valence-electron chi connectivity index (χ0n) is 11.0. The van der Waals surface area contributed by atoms with Crippen LogP contribution in [0.1, 0.15) is 37.7 Å². The van der Waals surface area contributed by atoms with Gasteiger partial charge in [-0.3, -0.25) is 0 Å². The molecule has 0 radical (unpaired) electrons. The average molecular weight is 331 g/mol. The van der Waals surface area contributed by atoms with Crippen LogP contribution in [0.2, 0.25) is 0 Å². The highest BCUT2D eigenvalue weighted by Gasteiger charge is 2.16. The molecule has 0 amide bonds. The molecule has 1 aromatic carbocycles. The van der Waals surface area contributed by atoms with Crippen LogP contribution in [0, 0.1) is 5.92 Å². The summed E-state index contributed by atoms with van der Waals surface area (Å²) in [5.41, 5.74) is 2.44. The third-order valence-corrected chi connectivity index (χ3v) is 4.90. The van der Waals surface area contributed by atoms with E-state index in [-0.39, 0.29) is 0 Å². The van der Waals surface area contributed by atoms with Gasteiger partial charge in [0, 0.05) is 29.6 Å². The summed E-state index contributed by atoms with van der Waals surface area (Å²) in [6.45, 7) is 1.17. The van der Waals surface area contributed by atoms with Crippen LogP contribution < -0.4 is 4.90 Å². The summed E-state index contributed by atoms with van der Waals surface area (Å²) in [5.74, 6) is 1.43. The second-order valence-corrected chi connectivity index (χ2v) is 6.42. The summed E-state index contributed by atoms with van der Waals surface area (Å²) in [4.78, 5) is 2.37. The van der Waals surface area contributed by atoms with E-state index in [2.05, 4.69) is 46.1 Å². The van der Waals surface area contributed by atoms with E-state index in [1.807, 2.05) is 0 Å². The van der Waals surface area contributed by atoms with Crippen LogP contribution >= 0.6 is 27.5 Å². The fourth-order valence-corrected chi connectivity index (χ4v) is 3.65. The highest BCUT2D eigenvalue weighted by atomic mass is 79.9. The molecular weight excluding hydrogens is 310 g/mol. The van der Waals surface area contributed by atoms with Crippen molar-refractivity contribution in [3.63, 3.8) is 0 Å². The largest absolute Gasteiger partial charge is 0.374 e. The lowest BCUT2D eigenvalue weighted by molar-refractivity contribution is 0.362.